The first-order chi connectivity index (χ1) is 15.8. The zero-order chi connectivity index (χ0) is 24.0. The second kappa shape index (κ2) is 11.3. The maximum atomic E-state index is 12.7. The monoisotopic (exact) mass is 465 g/mol. The summed E-state index contributed by atoms with van der Waals surface area (Å²) in [6.45, 7) is 10.7. The molecular formula is C25H31N5O2S. The number of hydrogen-bond donors (Lipinski definition) is 1. The Bertz CT molecular complexity index is 1070. The molecule has 3 rings (SSSR count). The van der Waals surface area contributed by atoms with Crippen molar-refractivity contribution in [2.45, 2.75) is 39.1 Å². The Morgan fingerprint density at radius 3 is 2.48 bits per heavy atom. The molecule has 33 heavy (non-hydrogen) atoms. The van der Waals surface area contributed by atoms with Gasteiger partial charge in [0.15, 0.2) is 0 Å². The minimum absolute atomic E-state index is 0.0301. The van der Waals surface area contributed by atoms with Crippen molar-refractivity contribution in [3.8, 4) is 6.07 Å². The van der Waals surface area contributed by atoms with Gasteiger partial charge in [0, 0.05) is 37.6 Å². The van der Waals surface area contributed by atoms with Crippen LogP contribution in [0.2, 0.25) is 0 Å². The van der Waals surface area contributed by atoms with Gasteiger partial charge in [-0.05, 0) is 49.9 Å². The van der Waals surface area contributed by atoms with E-state index in [0.29, 0.717) is 43.3 Å². The Balaban J connectivity index is 1.49. The molecule has 8 heteroatoms. The number of aryl methyl sites for hydroxylation is 2. The molecule has 0 spiro atoms. The van der Waals surface area contributed by atoms with Crippen LogP contribution in [0.3, 0.4) is 0 Å². The number of benzene rings is 1. The van der Waals surface area contributed by atoms with Crippen molar-refractivity contribution in [3.63, 3.8) is 0 Å². The quantitative estimate of drug-likeness (QED) is 0.631. The SMILES string of the molecule is CCc1ccccc1NC(=O)CN1CCN(C(=O)CSc2nc(C)c(C)c(C)c2C#N)CC1. The number of amides is 2. The highest BCUT2D eigenvalue weighted by atomic mass is 32.2. The predicted molar refractivity (Wildman–Crippen MR) is 131 cm³/mol. The molecule has 0 aliphatic carbocycles. The molecule has 174 valence electrons. The van der Waals surface area contributed by atoms with E-state index in [2.05, 4.69) is 28.2 Å². The van der Waals surface area contributed by atoms with Crippen LogP contribution in [-0.2, 0) is 16.0 Å². The van der Waals surface area contributed by atoms with Crippen LogP contribution in [0, 0.1) is 32.1 Å². The van der Waals surface area contributed by atoms with E-state index in [9.17, 15) is 14.9 Å². The maximum Gasteiger partial charge on any atom is 0.238 e. The molecular weight excluding hydrogens is 434 g/mol. The highest BCUT2D eigenvalue weighted by Gasteiger charge is 2.23. The van der Waals surface area contributed by atoms with Crippen LogP contribution in [0.25, 0.3) is 0 Å². The van der Waals surface area contributed by atoms with Gasteiger partial charge in [-0.3, -0.25) is 14.5 Å². The predicted octanol–water partition coefficient (Wildman–Crippen LogP) is 3.32. The van der Waals surface area contributed by atoms with Crippen molar-refractivity contribution in [1.82, 2.24) is 14.8 Å². The standard InChI is InChI=1S/C25H31N5O2S/c1-5-20-8-6-7-9-22(20)28-23(31)15-29-10-12-30(13-11-29)24(32)16-33-25-21(14-26)18(3)17(2)19(4)27-25/h6-9H,5,10-13,15-16H2,1-4H3,(H,28,31). The number of nitrogens with one attached hydrogen (secondary N) is 1. The minimum Gasteiger partial charge on any atom is -0.339 e. The molecule has 1 saturated heterocycles. The van der Waals surface area contributed by atoms with Gasteiger partial charge in [0.1, 0.15) is 11.1 Å². The topological polar surface area (TPSA) is 89.3 Å². The average molecular weight is 466 g/mol. The highest BCUT2D eigenvalue weighted by molar-refractivity contribution is 8.00. The van der Waals surface area contributed by atoms with Crippen LogP contribution in [0.5, 0.6) is 0 Å². The van der Waals surface area contributed by atoms with Gasteiger partial charge < -0.3 is 10.2 Å². The lowest BCUT2D eigenvalue weighted by Gasteiger charge is -2.34. The molecule has 1 aromatic carbocycles. The van der Waals surface area contributed by atoms with Gasteiger partial charge in [-0.15, -0.1) is 0 Å². The largest absolute Gasteiger partial charge is 0.339 e. The van der Waals surface area contributed by atoms with E-state index < -0.39 is 0 Å². The van der Waals surface area contributed by atoms with Crippen LogP contribution in [0.15, 0.2) is 29.3 Å². The number of carbonyl (C=O) groups excluding carboxylic acids is 2. The highest BCUT2D eigenvalue weighted by Crippen LogP contribution is 2.26. The van der Waals surface area contributed by atoms with E-state index in [1.165, 1.54) is 11.8 Å². The Labute approximate surface area is 200 Å². The van der Waals surface area contributed by atoms with E-state index in [1.54, 1.807) is 0 Å². The van der Waals surface area contributed by atoms with E-state index in [1.807, 2.05) is 49.9 Å². The molecule has 2 heterocycles. The van der Waals surface area contributed by atoms with Gasteiger partial charge in [0.2, 0.25) is 11.8 Å². The fourth-order valence-corrected chi connectivity index (χ4v) is 4.85. The van der Waals surface area contributed by atoms with Crippen molar-refractivity contribution in [1.29, 1.82) is 5.26 Å². The van der Waals surface area contributed by atoms with Crippen molar-refractivity contribution >= 4 is 29.3 Å². The van der Waals surface area contributed by atoms with E-state index in [-0.39, 0.29) is 17.6 Å². The first-order valence-electron chi connectivity index (χ1n) is 11.2. The Morgan fingerprint density at radius 2 is 1.82 bits per heavy atom. The molecule has 2 amide bonds. The first-order valence-corrected chi connectivity index (χ1v) is 12.2. The van der Waals surface area contributed by atoms with Gasteiger partial charge in [-0.2, -0.15) is 5.26 Å². The molecule has 2 aromatic rings. The summed E-state index contributed by atoms with van der Waals surface area (Å²) in [6, 6.07) is 10.1. The zero-order valence-electron chi connectivity index (χ0n) is 19.8. The summed E-state index contributed by atoms with van der Waals surface area (Å²) in [4.78, 5) is 33.7. The average Bonchev–Trinajstić information content (AvgIpc) is 2.81. The normalized spacial score (nSPS) is 14.1. The van der Waals surface area contributed by atoms with E-state index in [0.717, 1.165) is 34.5 Å². The second-order valence-corrected chi connectivity index (χ2v) is 9.21. The number of anilines is 1. The summed E-state index contributed by atoms with van der Waals surface area (Å²) in [7, 11) is 0. The van der Waals surface area contributed by atoms with Crippen molar-refractivity contribution in [3.05, 3.63) is 52.2 Å². The number of piperazine rings is 1. The Morgan fingerprint density at radius 1 is 1.12 bits per heavy atom. The summed E-state index contributed by atoms with van der Waals surface area (Å²) in [5.41, 5.74) is 5.36. The number of rotatable bonds is 7. The van der Waals surface area contributed by atoms with Gasteiger partial charge in [0.05, 0.1) is 17.9 Å². The number of nitrogens with zero attached hydrogens (tertiary/aromatic N) is 4. The smallest absolute Gasteiger partial charge is 0.238 e. The van der Waals surface area contributed by atoms with Crippen molar-refractivity contribution < 1.29 is 9.59 Å². The lowest BCUT2D eigenvalue weighted by Crippen LogP contribution is -2.50. The van der Waals surface area contributed by atoms with Gasteiger partial charge in [-0.25, -0.2) is 4.98 Å². The number of carbonyl (C=O) groups is 2. The molecule has 1 aliphatic heterocycles. The molecule has 1 aliphatic rings. The molecule has 0 atom stereocenters. The van der Waals surface area contributed by atoms with Crippen LogP contribution >= 0.6 is 11.8 Å². The van der Waals surface area contributed by atoms with Crippen LogP contribution in [-0.4, -0.2) is 65.1 Å². The summed E-state index contributed by atoms with van der Waals surface area (Å²) < 4.78 is 0. The number of para-hydroxylation sites is 1. The first kappa shape index (κ1) is 24.7. The van der Waals surface area contributed by atoms with Gasteiger partial charge >= 0.3 is 0 Å². The summed E-state index contributed by atoms with van der Waals surface area (Å²) in [5, 5.41) is 13.1. The molecule has 1 aromatic heterocycles. The number of pyridine rings is 1. The molecule has 0 saturated carbocycles. The Kier molecular flexibility index (Phi) is 8.48. The summed E-state index contributed by atoms with van der Waals surface area (Å²) >= 11 is 1.32. The fourth-order valence-electron chi connectivity index (χ4n) is 3.87. The lowest BCUT2D eigenvalue weighted by atomic mass is 10.1. The zero-order valence-corrected chi connectivity index (χ0v) is 20.6. The lowest BCUT2D eigenvalue weighted by molar-refractivity contribution is -0.130. The molecule has 0 bridgehead atoms. The number of hydrogen-bond acceptors (Lipinski definition) is 6. The fraction of sp³-hybridized carbons (Fsp3) is 0.440. The minimum atomic E-state index is -0.0357. The van der Waals surface area contributed by atoms with Gasteiger partial charge in [0.25, 0.3) is 0 Å². The molecule has 0 radical (unpaired) electrons. The summed E-state index contributed by atoms with van der Waals surface area (Å²) in [5.74, 6) is 0.242. The van der Waals surface area contributed by atoms with Crippen molar-refractivity contribution in [2.24, 2.45) is 0 Å². The third kappa shape index (κ3) is 6.12. The third-order valence-corrected chi connectivity index (χ3v) is 7.13. The van der Waals surface area contributed by atoms with Crippen LogP contribution < -0.4 is 5.32 Å². The van der Waals surface area contributed by atoms with Crippen molar-refractivity contribution in [2.75, 3.05) is 43.8 Å². The number of aromatic nitrogens is 1. The maximum absolute atomic E-state index is 12.7. The molecule has 1 fully saturated rings. The van der Waals surface area contributed by atoms with E-state index in [4.69, 9.17) is 0 Å². The van der Waals surface area contributed by atoms with Crippen LogP contribution in [0.1, 0.15) is 34.9 Å². The number of thioether (sulfide) groups is 1. The number of nitriles is 1. The van der Waals surface area contributed by atoms with Gasteiger partial charge in [-0.1, -0.05) is 36.9 Å². The van der Waals surface area contributed by atoms with E-state index >= 15 is 0 Å². The molecule has 1 N–H and O–H groups in total. The Hall–Kier alpha value is -2.89. The second-order valence-electron chi connectivity index (χ2n) is 8.24. The molecule has 7 nitrogen and oxygen atoms in total. The third-order valence-electron chi connectivity index (χ3n) is 6.17. The van der Waals surface area contributed by atoms with Crippen LogP contribution in [0.4, 0.5) is 5.69 Å². The molecule has 0 unspecified atom stereocenters. The summed E-state index contributed by atoms with van der Waals surface area (Å²) in [6.07, 6.45) is 0.863.